The number of benzene rings is 1. The zero-order chi connectivity index (χ0) is 18.6. The van der Waals surface area contributed by atoms with Gasteiger partial charge in [0.2, 0.25) is 0 Å². The molecule has 1 saturated heterocycles. The van der Waals surface area contributed by atoms with E-state index in [0.717, 1.165) is 36.5 Å². The van der Waals surface area contributed by atoms with Crippen LogP contribution in [0.15, 0.2) is 23.1 Å². The number of nitrogens with zero attached hydrogens (tertiary/aromatic N) is 3. The third-order valence-corrected chi connectivity index (χ3v) is 5.59. The predicted octanol–water partition coefficient (Wildman–Crippen LogP) is 3.53. The van der Waals surface area contributed by atoms with Crippen molar-refractivity contribution < 1.29 is 9.90 Å². The van der Waals surface area contributed by atoms with E-state index in [1.165, 1.54) is 5.56 Å². The Morgan fingerprint density at radius 2 is 2.12 bits per heavy atom. The second-order valence-electron chi connectivity index (χ2n) is 7.55. The number of rotatable bonds is 4. The molecule has 0 radical (unpaired) electrons. The van der Waals surface area contributed by atoms with Gasteiger partial charge in [0.15, 0.2) is 0 Å². The molecule has 0 aromatic heterocycles. The molecule has 0 bridgehead atoms. The smallest absolute Gasteiger partial charge is 0.407 e. The van der Waals surface area contributed by atoms with Gasteiger partial charge in [-0.25, -0.2) is 4.79 Å². The molecule has 1 aliphatic rings. The van der Waals surface area contributed by atoms with Gasteiger partial charge in [0.05, 0.1) is 11.6 Å². The number of hydrogen-bond donors (Lipinski definition) is 1. The zero-order valence-corrected chi connectivity index (χ0v) is 16.3. The molecule has 1 heterocycles. The largest absolute Gasteiger partial charge is 0.465 e. The van der Waals surface area contributed by atoms with Crippen LogP contribution >= 0.6 is 11.8 Å². The standard InChI is InChI=1S/C19H27N3O2S/c1-19(2,3)17-13-21(9-10-22(17)18(23)24)8-7-14-5-6-15(12-20)16(11-14)25-4/h5-6,11,17H,7-10,13H2,1-4H3,(H,23,24). The molecular formula is C19H27N3O2S. The van der Waals surface area contributed by atoms with Gasteiger partial charge in [-0.3, -0.25) is 4.90 Å². The summed E-state index contributed by atoms with van der Waals surface area (Å²) in [6, 6.07) is 8.23. The summed E-state index contributed by atoms with van der Waals surface area (Å²) < 4.78 is 0. The van der Waals surface area contributed by atoms with Crippen LogP contribution < -0.4 is 0 Å². The number of amides is 1. The van der Waals surface area contributed by atoms with E-state index in [1.807, 2.05) is 18.4 Å². The number of thioether (sulfide) groups is 1. The van der Waals surface area contributed by atoms with E-state index in [2.05, 4.69) is 37.8 Å². The van der Waals surface area contributed by atoms with Crippen LogP contribution in [0.5, 0.6) is 0 Å². The maximum atomic E-state index is 11.5. The first-order valence-electron chi connectivity index (χ1n) is 8.55. The van der Waals surface area contributed by atoms with Crippen molar-refractivity contribution in [2.45, 2.75) is 38.1 Å². The average Bonchev–Trinajstić information content (AvgIpc) is 2.58. The third-order valence-electron chi connectivity index (χ3n) is 4.81. The lowest BCUT2D eigenvalue weighted by Gasteiger charge is -2.46. The van der Waals surface area contributed by atoms with Gasteiger partial charge >= 0.3 is 6.09 Å². The van der Waals surface area contributed by atoms with Crippen LogP contribution in [0.3, 0.4) is 0 Å². The number of hydrogen-bond acceptors (Lipinski definition) is 4. The van der Waals surface area contributed by atoms with Crippen molar-refractivity contribution in [3.63, 3.8) is 0 Å². The summed E-state index contributed by atoms with van der Waals surface area (Å²) in [6.07, 6.45) is 2.07. The van der Waals surface area contributed by atoms with E-state index in [-0.39, 0.29) is 11.5 Å². The Kier molecular flexibility index (Phi) is 6.36. The lowest BCUT2D eigenvalue weighted by molar-refractivity contribution is 0.0221. The molecule has 1 amide bonds. The fourth-order valence-corrected chi connectivity index (χ4v) is 3.89. The second kappa shape index (κ2) is 8.11. The molecule has 1 aromatic rings. The topological polar surface area (TPSA) is 67.6 Å². The Morgan fingerprint density at radius 1 is 1.40 bits per heavy atom. The van der Waals surface area contributed by atoms with E-state index in [1.54, 1.807) is 16.7 Å². The number of carbonyl (C=O) groups is 1. The Labute approximate surface area is 154 Å². The zero-order valence-electron chi connectivity index (χ0n) is 15.5. The van der Waals surface area contributed by atoms with Crippen LogP contribution in [0.4, 0.5) is 4.79 Å². The molecule has 1 N–H and O–H groups in total. The van der Waals surface area contributed by atoms with Gasteiger partial charge in [-0.2, -0.15) is 5.26 Å². The van der Waals surface area contributed by atoms with E-state index in [9.17, 15) is 9.90 Å². The minimum Gasteiger partial charge on any atom is -0.465 e. The van der Waals surface area contributed by atoms with Crippen molar-refractivity contribution in [3.8, 4) is 6.07 Å². The summed E-state index contributed by atoms with van der Waals surface area (Å²) in [5.74, 6) is 0. The summed E-state index contributed by atoms with van der Waals surface area (Å²) in [5.41, 5.74) is 1.85. The molecule has 1 aromatic carbocycles. The van der Waals surface area contributed by atoms with Gasteiger partial charge in [0.25, 0.3) is 0 Å². The van der Waals surface area contributed by atoms with Crippen molar-refractivity contribution >= 4 is 17.9 Å². The highest BCUT2D eigenvalue weighted by Crippen LogP contribution is 2.28. The third kappa shape index (κ3) is 4.90. The highest BCUT2D eigenvalue weighted by atomic mass is 32.2. The predicted molar refractivity (Wildman–Crippen MR) is 101 cm³/mol. The highest BCUT2D eigenvalue weighted by molar-refractivity contribution is 7.98. The lowest BCUT2D eigenvalue weighted by Crippen LogP contribution is -2.59. The highest BCUT2D eigenvalue weighted by Gasteiger charge is 2.37. The molecule has 1 atom stereocenters. The van der Waals surface area contributed by atoms with Crippen molar-refractivity contribution in [1.29, 1.82) is 5.26 Å². The van der Waals surface area contributed by atoms with Crippen LogP contribution in [0.25, 0.3) is 0 Å². The van der Waals surface area contributed by atoms with Crippen molar-refractivity contribution in [2.24, 2.45) is 5.41 Å². The SMILES string of the molecule is CSc1cc(CCN2CCN(C(=O)O)C(C(C)(C)C)C2)ccc1C#N. The Bertz CT molecular complexity index is 664. The van der Waals surface area contributed by atoms with E-state index in [4.69, 9.17) is 5.26 Å². The van der Waals surface area contributed by atoms with Gasteiger partial charge in [-0.15, -0.1) is 11.8 Å². The fraction of sp³-hybridized carbons (Fsp3) is 0.579. The Morgan fingerprint density at radius 3 is 2.68 bits per heavy atom. The van der Waals surface area contributed by atoms with Crippen molar-refractivity contribution in [2.75, 3.05) is 32.4 Å². The molecule has 6 heteroatoms. The summed E-state index contributed by atoms with van der Waals surface area (Å²) in [7, 11) is 0. The molecule has 0 spiro atoms. The molecule has 1 aliphatic heterocycles. The number of carboxylic acid groups (broad SMARTS) is 1. The molecule has 25 heavy (non-hydrogen) atoms. The molecule has 1 fully saturated rings. The quantitative estimate of drug-likeness (QED) is 0.831. The second-order valence-corrected chi connectivity index (χ2v) is 8.40. The van der Waals surface area contributed by atoms with Gasteiger partial charge in [-0.1, -0.05) is 26.8 Å². The molecule has 0 aliphatic carbocycles. The van der Waals surface area contributed by atoms with Crippen molar-refractivity contribution in [1.82, 2.24) is 9.80 Å². The Hall–Kier alpha value is -1.71. The summed E-state index contributed by atoms with van der Waals surface area (Å²) in [5, 5.41) is 18.6. The number of piperazine rings is 1. The number of nitriles is 1. The molecule has 0 saturated carbocycles. The van der Waals surface area contributed by atoms with E-state index in [0.29, 0.717) is 6.54 Å². The molecule has 1 unspecified atom stereocenters. The van der Waals surface area contributed by atoms with Crippen LogP contribution in [0, 0.1) is 16.7 Å². The molecule has 136 valence electrons. The van der Waals surface area contributed by atoms with Crippen LogP contribution in [0.1, 0.15) is 31.9 Å². The Balaban J connectivity index is 2.02. The summed E-state index contributed by atoms with van der Waals surface area (Å²) in [4.78, 5) is 16.5. The summed E-state index contributed by atoms with van der Waals surface area (Å²) >= 11 is 1.59. The van der Waals surface area contributed by atoms with Crippen LogP contribution in [-0.4, -0.2) is 59.5 Å². The maximum absolute atomic E-state index is 11.5. The molecule has 5 nitrogen and oxygen atoms in total. The molecular weight excluding hydrogens is 334 g/mol. The summed E-state index contributed by atoms with van der Waals surface area (Å²) in [6.45, 7) is 9.29. The minimum absolute atomic E-state index is 0.00136. The van der Waals surface area contributed by atoms with Gasteiger partial charge < -0.3 is 10.0 Å². The fourth-order valence-electron chi connectivity index (χ4n) is 3.28. The normalized spacial score (nSPS) is 18.8. The van der Waals surface area contributed by atoms with Gasteiger partial charge in [0, 0.05) is 31.1 Å². The lowest BCUT2D eigenvalue weighted by atomic mass is 9.84. The maximum Gasteiger partial charge on any atom is 0.407 e. The van der Waals surface area contributed by atoms with Gasteiger partial charge in [-0.05, 0) is 35.8 Å². The van der Waals surface area contributed by atoms with Gasteiger partial charge in [0.1, 0.15) is 6.07 Å². The first-order chi connectivity index (χ1) is 11.8. The van der Waals surface area contributed by atoms with E-state index < -0.39 is 6.09 Å². The average molecular weight is 362 g/mol. The van der Waals surface area contributed by atoms with Crippen LogP contribution in [0.2, 0.25) is 0 Å². The van der Waals surface area contributed by atoms with Crippen molar-refractivity contribution in [3.05, 3.63) is 29.3 Å². The van der Waals surface area contributed by atoms with E-state index >= 15 is 0 Å². The van der Waals surface area contributed by atoms with Crippen LogP contribution in [-0.2, 0) is 6.42 Å². The first kappa shape index (κ1) is 19.6. The molecule has 2 rings (SSSR count). The first-order valence-corrected chi connectivity index (χ1v) is 9.77. The minimum atomic E-state index is -0.823. The monoisotopic (exact) mass is 361 g/mol.